The van der Waals surface area contributed by atoms with E-state index < -0.39 is 0 Å². The lowest BCUT2D eigenvalue weighted by Gasteiger charge is -2.09. The Morgan fingerprint density at radius 2 is 1.95 bits per heavy atom. The van der Waals surface area contributed by atoms with Gasteiger partial charge in [0.2, 0.25) is 5.91 Å². The summed E-state index contributed by atoms with van der Waals surface area (Å²) in [6.45, 7) is 0.309. The normalized spacial score (nSPS) is 9.95. The van der Waals surface area contributed by atoms with Crippen LogP contribution in [0.2, 0.25) is 0 Å². The minimum atomic E-state index is -0.245. The van der Waals surface area contributed by atoms with E-state index in [0.29, 0.717) is 11.4 Å². The lowest BCUT2D eigenvalue weighted by atomic mass is 10.2. The van der Waals surface area contributed by atoms with Crippen LogP contribution in [-0.2, 0) is 11.3 Å². The Labute approximate surface area is 126 Å². The molecule has 0 unspecified atom stereocenters. The molecule has 0 fully saturated rings. The molecular weight excluding hydrogens is 288 g/mol. The Bertz CT molecular complexity index is 611. The van der Waals surface area contributed by atoms with Crippen molar-refractivity contribution >= 4 is 23.2 Å². The van der Waals surface area contributed by atoms with E-state index in [-0.39, 0.29) is 18.4 Å². The number of para-hydroxylation sites is 1. The van der Waals surface area contributed by atoms with Crippen LogP contribution in [0.5, 0.6) is 5.75 Å². The maximum Gasteiger partial charge on any atom is 0.261 e. The summed E-state index contributed by atoms with van der Waals surface area (Å²) in [6.07, 6.45) is 0. The van der Waals surface area contributed by atoms with Gasteiger partial charge in [0.1, 0.15) is 5.75 Å². The van der Waals surface area contributed by atoms with Gasteiger partial charge >= 0.3 is 0 Å². The molecule has 0 saturated heterocycles. The van der Waals surface area contributed by atoms with Crippen LogP contribution in [0.25, 0.3) is 0 Å². The maximum atomic E-state index is 11.7. The summed E-state index contributed by atoms with van der Waals surface area (Å²) >= 11 is 1.34. The van der Waals surface area contributed by atoms with Gasteiger partial charge in [-0.3, -0.25) is 9.59 Å². The van der Waals surface area contributed by atoms with E-state index in [1.54, 1.807) is 19.2 Å². The maximum absolute atomic E-state index is 11.7. The summed E-state index contributed by atoms with van der Waals surface area (Å²) < 4.78 is 5.21. The first-order valence-corrected chi connectivity index (χ1v) is 7.29. The highest BCUT2D eigenvalue weighted by atomic mass is 32.1. The third-order valence-corrected chi connectivity index (χ3v) is 3.69. The fraction of sp³-hybridized carbons (Fsp3) is 0.200. The number of rotatable bonds is 6. The molecule has 0 bridgehead atoms. The highest BCUT2D eigenvalue weighted by Crippen LogP contribution is 2.16. The quantitative estimate of drug-likeness (QED) is 0.855. The number of hydrogen-bond donors (Lipinski definition) is 2. The van der Waals surface area contributed by atoms with Crippen LogP contribution < -0.4 is 15.4 Å². The summed E-state index contributed by atoms with van der Waals surface area (Å²) in [5, 5.41) is 7.14. The number of amides is 2. The lowest BCUT2D eigenvalue weighted by molar-refractivity contribution is -0.120. The molecule has 0 saturated carbocycles. The molecule has 1 aromatic carbocycles. The molecule has 0 atom stereocenters. The second-order valence-corrected chi connectivity index (χ2v) is 5.20. The minimum absolute atomic E-state index is 0.0497. The van der Waals surface area contributed by atoms with Crippen molar-refractivity contribution in [2.75, 3.05) is 13.7 Å². The van der Waals surface area contributed by atoms with Gasteiger partial charge < -0.3 is 15.4 Å². The average molecular weight is 304 g/mol. The highest BCUT2D eigenvalue weighted by molar-refractivity contribution is 7.12. The molecule has 1 heterocycles. The molecule has 2 aromatic rings. The number of methoxy groups -OCH3 is 1. The first-order valence-electron chi connectivity index (χ1n) is 6.41. The molecule has 0 aliphatic heterocycles. The summed E-state index contributed by atoms with van der Waals surface area (Å²) in [7, 11) is 1.59. The molecule has 2 N–H and O–H groups in total. The predicted molar refractivity (Wildman–Crippen MR) is 81.5 cm³/mol. The molecule has 0 aliphatic rings. The molecule has 0 radical (unpaired) electrons. The Hall–Kier alpha value is -2.34. The summed E-state index contributed by atoms with van der Waals surface area (Å²) in [5.41, 5.74) is 0.887. The highest BCUT2D eigenvalue weighted by Gasteiger charge is 2.09. The van der Waals surface area contributed by atoms with Gasteiger partial charge in [-0.1, -0.05) is 24.3 Å². The van der Waals surface area contributed by atoms with Crippen molar-refractivity contribution in [3.8, 4) is 5.75 Å². The van der Waals surface area contributed by atoms with Crippen molar-refractivity contribution in [1.82, 2.24) is 10.6 Å². The largest absolute Gasteiger partial charge is 0.496 e. The Morgan fingerprint density at radius 1 is 1.14 bits per heavy atom. The zero-order chi connectivity index (χ0) is 15.1. The average Bonchev–Trinajstić information content (AvgIpc) is 3.05. The molecule has 0 aliphatic carbocycles. The Kier molecular flexibility index (Phi) is 5.34. The minimum Gasteiger partial charge on any atom is -0.496 e. The smallest absolute Gasteiger partial charge is 0.261 e. The summed E-state index contributed by atoms with van der Waals surface area (Å²) in [5.74, 6) is 0.240. The number of ether oxygens (including phenoxy) is 1. The number of thiophene rings is 1. The van der Waals surface area contributed by atoms with Gasteiger partial charge in [0.25, 0.3) is 5.91 Å². The molecule has 0 spiro atoms. The number of nitrogens with one attached hydrogen (secondary N) is 2. The second-order valence-electron chi connectivity index (χ2n) is 4.25. The third kappa shape index (κ3) is 4.32. The fourth-order valence-electron chi connectivity index (χ4n) is 1.76. The van der Waals surface area contributed by atoms with Gasteiger partial charge in [-0.2, -0.15) is 0 Å². The number of hydrogen-bond acceptors (Lipinski definition) is 4. The van der Waals surface area contributed by atoms with E-state index in [2.05, 4.69) is 10.6 Å². The molecule has 21 heavy (non-hydrogen) atoms. The molecular formula is C15H16N2O3S. The van der Waals surface area contributed by atoms with Crippen molar-refractivity contribution in [3.05, 3.63) is 52.2 Å². The van der Waals surface area contributed by atoms with Crippen LogP contribution in [0.4, 0.5) is 0 Å². The van der Waals surface area contributed by atoms with E-state index in [0.717, 1.165) is 11.3 Å². The summed E-state index contributed by atoms with van der Waals surface area (Å²) in [4.78, 5) is 24.0. The van der Waals surface area contributed by atoms with Gasteiger partial charge in [-0.25, -0.2) is 0 Å². The van der Waals surface area contributed by atoms with Gasteiger partial charge in [-0.15, -0.1) is 11.3 Å². The molecule has 2 rings (SSSR count). The SMILES string of the molecule is COc1ccccc1CNC(=O)CNC(=O)c1cccs1. The lowest BCUT2D eigenvalue weighted by Crippen LogP contribution is -2.36. The van der Waals surface area contributed by atoms with Crippen molar-refractivity contribution in [3.63, 3.8) is 0 Å². The topological polar surface area (TPSA) is 67.4 Å². The summed E-state index contributed by atoms with van der Waals surface area (Å²) in [6, 6.07) is 11.0. The standard InChI is InChI=1S/C15H16N2O3S/c1-20-12-6-3-2-5-11(12)9-16-14(18)10-17-15(19)13-7-4-8-21-13/h2-8H,9-10H2,1H3,(H,16,18)(H,17,19). The predicted octanol–water partition coefficient (Wildman–Crippen LogP) is 1.80. The van der Waals surface area contributed by atoms with E-state index >= 15 is 0 Å². The van der Waals surface area contributed by atoms with Gasteiger partial charge in [0, 0.05) is 12.1 Å². The Balaban J connectivity index is 1.78. The Morgan fingerprint density at radius 3 is 2.67 bits per heavy atom. The fourth-order valence-corrected chi connectivity index (χ4v) is 2.40. The number of carbonyl (C=O) groups excluding carboxylic acids is 2. The number of carbonyl (C=O) groups is 2. The molecule has 5 nitrogen and oxygen atoms in total. The third-order valence-electron chi connectivity index (χ3n) is 2.82. The zero-order valence-corrected chi connectivity index (χ0v) is 12.4. The number of benzene rings is 1. The molecule has 1 aromatic heterocycles. The van der Waals surface area contributed by atoms with Gasteiger partial charge in [-0.05, 0) is 17.5 Å². The van der Waals surface area contributed by atoms with Crippen molar-refractivity contribution in [2.24, 2.45) is 0 Å². The van der Waals surface area contributed by atoms with E-state index in [1.165, 1.54) is 11.3 Å². The van der Waals surface area contributed by atoms with Gasteiger partial charge in [0.15, 0.2) is 0 Å². The first kappa shape index (κ1) is 15.1. The van der Waals surface area contributed by atoms with E-state index in [9.17, 15) is 9.59 Å². The van der Waals surface area contributed by atoms with Crippen LogP contribution in [0.3, 0.4) is 0 Å². The van der Waals surface area contributed by atoms with Gasteiger partial charge in [0.05, 0.1) is 18.5 Å². The van der Waals surface area contributed by atoms with Crippen molar-refractivity contribution in [1.29, 1.82) is 0 Å². The van der Waals surface area contributed by atoms with Crippen LogP contribution in [0.1, 0.15) is 15.2 Å². The van der Waals surface area contributed by atoms with Crippen molar-refractivity contribution < 1.29 is 14.3 Å². The van der Waals surface area contributed by atoms with E-state index in [4.69, 9.17) is 4.74 Å². The van der Waals surface area contributed by atoms with Crippen LogP contribution >= 0.6 is 11.3 Å². The van der Waals surface area contributed by atoms with Crippen molar-refractivity contribution in [2.45, 2.75) is 6.54 Å². The first-order chi connectivity index (χ1) is 10.2. The molecule has 110 valence electrons. The van der Waals surface area contributed by atoms with E-state index in [1.807, 2.05) is 29.6 Å². The van der Waals surface area contributed by atoms with Crippen LogP contribution in [-0.4, -0.2) is 25.5 Å². The second kappa shape index (κ2) is 7.44. The zero-order valence-electron chi connectivity index (χ0n) is 11.6. The van der Waals surface area contributed by atoms with Crippen LogP contribution in [0, 0.1) is 0 Å². The van der Waals surface area contributed by atoms with Crippen LogP contribution in [0.15, 0.2) is 41.8 Å². The molecule has 2 amide bonds. The molecule has 6 heteroatoms. The monoisotopic (exact) mass is 304 g/mol.